The van der Waals surface area contributed by atoms with Gasteiger partial charge in [-0.3, -0.25) is 19.7 Å². The standard InChI is InChI=1S/C24H23N3O6/c1-3-33-22(28)16-26(15-17-9-11-20(32-2)12-10-17)24-21(13-19(14-25-24)27(30)31)23(29)18-7-5-4-6-8-18/h4-14H,3,15-16H2,1-2H3. The lowest BCUT2D eigenvalue weighted by molar-refractivity contribution is -0.385. The zero-order chi connectivity index (χ0) is 23.8. The van der Waals surface area contributed by atoms with Crippen LogP contribution >= 0.6 is 0 Å². The maximum atomic E-state index is 13.3. The molecule has 9 heteroatoms. The minimum Gasteiger partial charge on any atom is -0.497 e. The molecule has 0 aliphatic heterocycles. The number of ether oxygens (including phenoxy) is 2. The first-order chi connectivity index (χ1) is 15.9. The van der Waals surface area contributed by atoms with Crippen LogP contribution in [-0.4, -0.2) is 41.9 Å². The number of ketones is 1. The van der Waals surface area contributed by atoms with Crippen molar-refractivity contribution in [3.8, 4) is 5.75 Å². The summed E-state index contributed by atoms with van der Waals surface area (Å²) in [5.41, 5.74) is 0.867. The summed E-state index contributed by atoms with van der Waals surface area (Å²) >= 11 is 0. The highest BCUT2D eigenvalue weighted by molar-refractivity contribution is 6.12. The van der Waals surface area contributed by atoms with Gasteiger partial charge in [-0.15, -0.1) is 0 Å². The van der Waals surface area contributed by atoms with Crippen LogP contribution in [0, 0.1) is 10.1 Å². The highest BCUT2D eigenvalue weighted by atomic mass is 16.6. The third kappa shape index (κ3) is 5.91. The SMILES string of the molecule is CCOC(=O)CN(Cc1ccc(OC)cc1)c1ncc([N+](=O)[O-])cc1C(=O)c1ccccc1. The number of hydrogen-bond acceptors (Lipinski definition) is 8. The van der Waals surface area contributed by atoms with Crippen LogP contribution in [-0.2, 0) is 16.1 Å². The van der Waals surface area contributed by atoms with Gasteiger partial charge < -0.3 is 14.4 Å². The Labute approximate surface area is 190 Å². The Bertz CT molecular complexity index is 1130. The van der Waals surface area contributed by atoms with Gasteiger partial charge in [0.15, 0.2) is 5.78 Å². The topological polar surface area (TPSA) is 112 Å². The maximum Gasteiger partial charge on any atom is 0.325 e. The molecule has 0 bridgehead atoms. The Kier molecular flexibility index (Phi) is 7.69. The third-order valence-corrected chi connectivity index (χ3v) is 4.80. The Morgan fingerprint density at radius 2 is 1.79 bits per heavy atom. The van der Waals surface area contributed by atoms with Crippen LogP contribution in [0.4, 0.5) is 11.5 Å². The predicted molar refractivity (Wildman–Crippen MR) is 121 cm³/mol. The molecule has 0 N–H and O–H groups in total. The van der Waals surface area contributed by atoms with E-state index < -0.39 is 16.7 Å². The van der Waals surface area contributed by atoms with Gasteiger partial charge in [0.25, 0.3) is 5.69 Å². The second-order valence-electron chi connectivity index (χ2n) is 7.03. The molecular weight excluding hydrogens is 426 g/mol. The lowest BCUT2D eigenvalue weighted by atomic mass is 10.0. The van der Waals surface area contributed by atoms with Gasteiger partial charge in [0.05, 0.1) is 24.2 Å². The number of aromatic nitrogens is 1. The van der Waals surface area contributed by atoms with Gasteiger partial charge in [0.2, 0.25) is 0 Å². The molecule has 2 aromatic carbocycles. The molecule has 33 heavy (non-hydrogen) atoms. The Morgan fingerprint density at radius 3 is 2.39 bits per heavy atom. The van der Waals surface area contributed by atoms with E-state index in [-0.39, 0.29) is 36.8 Å². The molecule has 3 aromatic rings. The van der Waals surface area contributed by atoms with Gasteiger partial charge in [-0.05, 0) is 24.6 Å². The van der Waals surface area contributed by atoms with E-state index in [4.69, 9.17) is 9.47 Å². The van der Waals surface area contributed by atoms with E-state index in [0.29, 0.717) is 11.3 Å². The van der Waals surface area contributed by atoms with Crippen molar-refractivity contribution in [1.29, 1.82) is 0 Å². The normalized spacial score (nSPS) is 10.4. The van der Waals surface area contributed by atoms with Gasteiger partial charge in [0.1, 0.15) is 24.3 Å². The average molecular weight is 449 g/mol. The van der Waals surface area contributed by atoms with E-state index in [0.717, 1.165) is 11.8 Å². The second-order valence-corrected chi connectivity index (χ2v) is 7.03. The van der Waals surface area contributed by atoms with Crippen molar-refractivity contribution in [2.75, 3.05) is 25.2 Å². The molecule has 0 aliphatic carbocycles. The molecule has 0 saturated heterocycles. The Hall–Kier alpha value is -4.27. The largest absolute Gasteiger partial charge is 0.497 e. The zero-order valence-corrected chi connectivity index (χ0v) is 18.3. The van der Waals surface area contributed by atoms with Crippen molar-refractivity contribution < 1.29 is 24.0 Å². The van der Waals surface area contributed by atoms with E-state index >= 15 is 0 Å². The number of methoxy groups -OCH3 is 1. The fourth-order valence-electron chi connectivity index (χ4n) is 3.23. The zero-order valence-electron chi connectivity index (χ0n) is 18.3. The molecule has 1 aromatic heterocycles. The number of anilines is 1. The molecule has 1 heterocycles. The molecule has 170 valence electrons. The summed E-state index contributed by atoms with van der Waals surface area (Å²) in [5.74, 6) is -0.128. The monoisotopic (exact) mass is 449 g/mol. The first-order valence-corrected chi connectivity index (χ1v) is 10.2. The molecule has 0 aliphatic rings. The first kappa shape index (κ1) is 23.4. The number of esters is 1. The fourth-order valence-corrected chi connectivity index (χ4v) is 3.23. The molecular formula is C24H23N3O6. The van der Waals surface area contributed by atoms with Gasteiger partial charge in [-0.2, -0.15) is 0 Å². The van der Waals surface area contributed by atoms with Crippen LogP contribution in [0.25, 0.3) is 0 Å². The summed E-state index contributed by atoms with van der Waals surface area (Å²) in [7, 11) is 1.56. The van der Waals surface area contributed by atoms with Crippen LogP contribution < -0.4 is 9.64 Å². The molecule has 0 amide bonds. The predicted octanol–water partition coefficient (Wildman–Crippen LogP) is 3.80. The smallest absolute Gasteiger partial charge is 0.325 e. The molecule has 0 saturated carbocycles. The summed E-state index contributed by atoms with van der Waals surface area (Å²) in [5, 5.41) is 11.4. The minimum absolute atomic E-state index is 0.0215. The van der Waals surface area contributed by atoms with Crippen molar-refractivity contribution in [2.45, 2.75) is 13.5 Å². The van der Waals surface area contributed by atoms with Crippen LogP contribution in [0.5, 0.6) is 5.75 Å². The van der Waals surface area contributed by atoms with Crippen LogP contribution in [0.2, 0.25) is 0 Å². The Balaban J connectivity index is 2.07. The number of pyridine rings is 1. The second kappa shape index (κ2) is 10.9. The number of carbonyl (C=O) groups excluding carboxylic acids is 2. The van der Waals surface area contributed by atoms with Crippen molar-refractivity contribution in [2.24, 2.45) is 0 Å². The average Bonchev–Trinajstić information content (AvgIpc) is 2.84. The number of nitrogens with zero attached hydrogens (tertiary/aromatic N) is 3. The summed E-state index contributed by atoms with van der Waals surface area (Å²) in [6.07, 6.45) is 1.07. The van der Waals surface area contributed by atoms with E-state index in [1.54, 1.807) is 61.4 Å². The summed E-state index contributed by atoms with van der Waals surface area (Å²) in [4.78, 5) is 42.1. The van der Waals surface area contributed by atoms with Crippen LogP contribution in [0.1, 0.15) is 28.4 Å². The van der Waals surface area contributed by atoms with Gasteiger partial charge in [0, 0.05) is 18.2 Å². The van der Waals surface area contributed by atoms with E-state index in [2.05, 4.69) is 4.98 Å². The van der Waals surface area contributed by atoms with E-state index in [9.17, 15) is 19.7 Å². The maximum absolute atomic E-state index is 13.3. The Morgan fingerprint density at radius 1 is 1.09 bits per heavy atom. The lowest BCUT2D eigenvalue weighted by Crippen LogP contribution is -2.32. The minimum atomic E-state index is -0.613. The van der Waals surface area contributed by atoms with E-state index in [1.165, 1.54) is 6.07 Å². The van der Waals surface area contributed by atoms with Crippen molar-refractivity contribution in [3.05, 3.63) is 93.7 Å². The third-order valence-electron chi connectivity index (χ3n) is 4.80. The highest BCUT2D eigenvalue weighted by Gasteiger charge is 2.25. The van der Waals surface area contributed by atoms with Crippen molar-refractivity contribution in [1.82, 2.24) is 4.98 Å². The molecule has 0 fully saturated rings. The highest BCUT2D eigenvalue weighted by Crippen LogP contribution is 2.27. The molecule has 0 spiro atoms. The lowest BCUT2D eigenvalue weighted by Gasteiger charge is -2.25. The molecule has 0 atom stereocenters. The number of rotatable bonds is 10. The van der Waals surface area contributed by atoms with Crippen LogP contribution in [0.3, 0.4) is 0 Å². The van der Waals surface area contributed by atoms with Crippen molar-refractivity contribution in [3.63, 3.8) is 0 Å². The van der Waals surface area contributed by atoms with E-state index in [1.807, 2.05) is 12.1 Å². The number of carbonyl (C=O) groups is 2. The van der Waals surface area contributed by atoms with Gasteiger partial charge in [-0.1, -0.05) is 42.5 Å². The quantitative estimate of drug-likeness (QED) is 0.199. The first-order valence-electron chi connectivity index (χ1n) is 10.2. The summed E-state index contributed by atoms with van der Waals surface area (Å²) in [6.45, 7) is 1.90. The molecule has 0 radical (unpaired) electrons. The summed E-state index contributed by atoms with van der Waals surface area (Å²) in [6, 6.07) is 16.8. The van der Waals surface area contributed by atoms with Gasteiger partial charge in [-0.25, -0.2) is 4.98 Å². The van der Waals surface area contributed by atoms with Crippen LogP contribution in [0.15, 0.2) is 66.9 Å². The summed E-state index contributed by atoms with van der Waals surface area (Å²) < 4.78 is 10.3. The van der Waals surface area contributed by atoms with Crippen molar-refractivity contribution >= 4 is 23.3 Å². The number of benzene rings is 2. The number of nitro groups is 1. The molecule has 9 nitrogen and oxygen atoms in total. The molecule has 3 rings (SSSR count). The van der Waals surface area contributed by atoms with Gasteiger partial charge >= 0.3 is 5.97 Å². The molecule has 0 unspecified atom stereocenters. The number of hydrogen-bond donors (Lipinski definition) is 0. The fraction of sp³-hybridized carbons (Fsp3) is 0.208.